The lowest BCUT2D eigenvalue weighted by Crippen LogP contribution is -2.30. The van der Waals surface area contributed by atoms with Crippen LogP contribution in [0.2, 0.25) is 5.02 Å². The van der Waals surface area contributed by atoms with Gasteiger partial charge in [-0.3, -0.25) is 9.59 Å². The molecule has 0 aliphatic carbocycles. The van der Waals surface area contributed by atoms with Crippen LogP contribution in [0.1, 0.15) is 33.9 Å². The molecule has 25 heavy (non-hydrogen) atoms. The molecule has 1 aliphatic heterocycles. The summed E-state index contributed by atoms with van der Waals surface area (Å²) in [4.78, 5) is 24.4. The summed E-state index contributed by atoms with van der Waals surface area (Å²) in [5.74, 6) is 0.168. The summed E-state index contributed by atoms with van der Waals surface area (Å²) in [6.45, 7) is 0.635. The standard InChI is InChI=1S/C19H18ClNO4/c1-24-18(22)11-16(12-2-5-15(20)6-3-12)21-19(23)14-4-7-17-13(10-14)8-9-25-17/h2-7,10,16H,8-9,11H2,1H3,(H,21,23). The number of carbonyl (C=O) groups is 2. The number of benzene rings is 2. The van der Waals surface area contributed by atoms with Crippen LogP contribution >= 0.6 is 11.6 Å². The second-order valence-corrected chi connectivity index (χ2v) is 6.22. The molecule has 1 unspecified atom stereocenters. The highest BCUT2D eigenvalue weighted by atomic mass is 35.5. The number of halogens is 1. The van der Waals surface area contributed by atoms with Gasteiger partial charge in [-0.2, -0.15) is 0 Å². The first kappa shape index (κ1) is 17.3. The summed E-state index contributed by atoms with van der Waals surface area (Å²) in [5, 5.41) is 3.49. The highest BCUT2D eigenvalue weighted by molar-refractivity contribution is 6.30. The van der Waals surface area contributed by atoms with Gasteiger partial charge < -0.3 is 14.8 Å². The number of hydrogen-bond acceptors (Lipinski definition) is 4. The molecular formula is C19H18ClNO4. The SMILES string of the molecule is COC(=O)CC(NC(=O)c1ccc2c(c1)CCO2)c1ccc(Cl)cc1. The van der Waals surface area contributed by atoms with Gasteiger partial charge in [-0.05, 0) is 41.5 Å². The molecule has 1 heterocycles. The summed E-state index contributed by atoms with van der Waals surface area (Å²) >= 11 is 5.91. The number of methoxy groups -OCH3 is 1. The van der Waals surface area contributed by atoms with Gasteiger partial charge in [0, 0.05) is 17.0 Å². The van der Waals surface area contributed by atoms with Gasteiger partial charge in [-0.15, -0.1) is 0 Å². The molecule has 1 atom stereocenters. The number of ether oxygens (including phenoxy) is 2. The molecule has 0 bridgehead atoms. The maximum Gasteiger partial charge on any atom is 0.307 e. The van der Waals surface area contributed by atoms with E-state index in [0.29, 0.717) is 17.2 Å². The fourth-order valence-electron chi connectivity index (χ4n) is 2.77. The normalized spacial score (nSPS) is 13.5. The van der Waals surface area contributed by atoms with Gasteiger partial charge >= 0.3 is 5.97 Å². The lowest BCUT2D eigenvalue weighted by molar-refractivity contribution is -0.141. The van der Waals surface area contributed by atoms with Crippen molar-refractivity contribution in [2.24, 2.45) is 0 Å². The van der Waals surface area contributed by atoms with Crippen molar-refractivity contribution < 1.29 is 19.1 Å². The van der Waals surface area contributed by atoms with E-state index in [4.69, 9.17) is 21.1 Å². The highest BCUT2D eigenvalue weighted by Crippen LogP contribution is 2.26. The largest absolute Gasteiger partial charge is 0.493 e. The van der Waals surface area contributed by atoms with Gasteiger partial charge in [0.15, 0.2) is 0 Å². The van der Waals surface area contributed by atoms with E-state index >= 15 is 0 Å². The molecule has 130 valence electrons. The zero-order chi connectivity index (χ0) is 17.8. The number of amides is 1. The Morgan fingerprint density at radius 2 is 2.00 bits per heavy atom. The predicted octanol–water partition coefficient (Wildman–Crippen LogP) is 3.31. The maximum absolute atomic E-state index is 12.6. The number of esters is 1. The van der Waals surface area contributed by atoms with Crippen molar-refractivity contribution in [2.45, 2.75) is 18.9 Å². The zero-order valence-corrected chi connectivity index (χ0v) is 14.5. The van der Waals surface area contributed by atoms with Gasteiger partial charge in [-0.1, -0.05) is 23.7 Å². The van der Waals surface area contributed by atoms with Crippen LogP contribution in [0.25, 0.3) is 0 Å². The van der Waals surface area contributed by atoms with E-state index in [1.54, 1.807) is 36.4 Å². The van der Waals surface area contributed by atoms with E-state index in [1.807, 2.05) is 6.07 Å². The zero-order valence-electron chi connectivity index (χ0n) is 13.8. The minimum atomic E-state index is -0.498. The quantitative estimate of drug-likeness (QED) is 0.832. The first-order chi connectivity index (χ1) is 12.1. The third kappa shape index (κ3) is 4.12. The molecular weight excluding hydrogens is 342 g/mol. The molecule has 0 saturated heterocycles. The molecule has 0 saturated carbocycles. The lowest BCUT2D eigenvalue weighted by atomic mass is 10.0. The maximum atomic E-state index is 12.6. The molecule has 0 fully saturated rings. The smallest absolute Gasteiger partial charge is 0.307 e. The second kappa shape index (κ2) is 7.57. The summed E-state index contributed by atoms with van der Waals surface area (Å²) in [5.41, 5.74) is 2.34. The van der Waals surface area contributed by atoms with Crippen LogP contribution in [-0.2, 0) is 16.0 Å². The molecule has 2 aromatic rings. The molecule has 5 nitrogen and oxygen atoms in total. The Bertz CT molecular complexity index is 789. The van der Waals surface area contributed by atoms with Crippen LogP contribution < -0.4 is 10.1 Å². The summed E-state index contributed by atoms with van der Waals surface area (Å²) in [6, 6.07) is 11.9. The Kier molecular flexibility index (Phi) is 5.24. The Morgan fingerprint density at radius 3 is 2.72 bits per heavy atom. The van der Waals surface area contributed by atoms with Crippen molar-refractivity contribution in [1.29, 1.82) is 0 Å². The van der Waals surface area contributed by atoms with Crippen LogP contribution in [0.15, 0.2) is 42.5 Å². The van der Waals surface area contributed by atoms with Crippen molar-refractivity contribution in [2.75, 3.05) is 13.7 Å². The van der Waals surface area contributed by atoms with E-state index in [-0.39, 0.29) is 12.3 Å². The van der Waals surface area contributed by atoms with Crippen molar-refractivity contribution in [3.8, 4) is 5.75 Å². The first-order valence-electron chi connectivity index (χ1n) is 7.95. The molecule has 3 rings (SSSR count). The average molecular weight is 360 g/mol. The highest BCUT2D eigenvalue weighted by Gasteiger charge is 2.21. The first-order valence-corrected chi connectivity index (χ1v) is 8.33. The third-order valence-corrected chi connectivity index (χ3v) is 4.38. The van der Waals surface area contributed by atoms with Gasteiger partial charge in [0.05, 0.1) is 26.2 Å². The van der Waals surface area contributed by atoms with Crippen LogP contribution in [0, 0.1) is 0 Å². The fourth-order valence-corrected chi connectivity index (χ4v) is 2.89. The molecule has 1 N–H and O–H groups in total. The molecule has 6 heteroatoms. The minimum absolute atomic E-state index is 0.0396. The Morgan fingerprint density at radius 1 is 1.24 bits per heavy atom. The van der Waals surface area contributed by atoms with Crippen molar-refractivity contribution in [1.82, 2.24) is 5.32 Å². The number of nitrogens with one attached hydrogen (secondary N) is 1. The van der Waals surface area contributed by atoms with Crippen LogP contribution in [0.3, 0.4) is 0 Å². The summed E-state index contributed by atoms with van der Waals surface area (Å²) in [7, 11) is 1.32. The van der Waals surface area contributed by atoms with E-state index < -0.39 is 12.0 Å². The third-order valence-electron chi connectivity index (χ3n) is 4.13. The van der Waals surface area contributed by atoms with Gasteiger partial charge in [0.1, 0.15) is 5.75 Å². The van der Waals surface area contributed by atoms with E-state index in [9.17, 15) is 9.59 Å². The summed E-state index contributed by atoms with van der Waals surface area (Å²) in [6.07, 6.45) is 0.831. The van der Waals surface area contributed by atoms with Crippen molar-refractivity contribution in [3.05, 3.63) is 64.2 Å². The Balaban J connectivity index is 1.80. The van der Waals surface area contributed by atoms with Crippen LogP contribution in [0.5, 0.6) is 5.75 Å². The van der Waals surface area contributed by atoms with Crippen molar-refractivity contribution in [3.63, 3.8) is 0 Å². The number of hydrogen-bond donors (Lipinski definition) is 1. The topological polar surface area (TPSA) is 64.6 Å². The van der Waals surface area contributed by atoms with Gasteiger partial charge in [-0.25, -0.2) is 0 Å². The van der Waals surface area contributed by atoms with Crippen LogP contribution in [-0.4, -0.2) is 25.6 Å². The molecule has 2 aromatic carbocycles. The second-order valence-electron chi connectivity index (χ2n) is 5.78. The van der Waals surface area contributed by atoms with Crippen LogP contribution in [0.4, 0.5) is 0 Å². The van der Waals surface area contributed by atoms with Gasteiger partial charge in [0.25, 0.3) is 5.91 Å². The van der Waals surface area contributed by atoms with Crippen molar-refractivity contribution >= 4 is 23.5 Å². The Hall–Kier alpha value is -2.53. The monoisotopic (exact) mass is 359 g/mol. The van der Waals surface area contributed by atoms with E-state index in [1.165, 1.54) is 7.11 Å². The summed E-state index contributed by atoms with van der Waals surface area (Å²) < 4.78 is 10.2. The molecule has 0 radical (unpaired) electrons. The van der Waals surface area contributed by atoms with E-state index in [2.05, 4.69) is 5.32 Å². The Labute approximate surface area is 150 Å². The van der Waals surface area contributed by atoms with E-state index in [0.717, 1.165) is 23.3 Å². The average Bonchev–Trinajstić information content (AvgIpc) is 3.09. The number of carbonyl (C=O) groups excluding carboxylic acids is 2. The minimum Gasteiger partial charge on any atom is -0.493 e. The number of fused-ring (bicyclic) bond motifs is 1. The molecule has 1 aliphatic rings. The molecule has 0 aromatic heterocycles. The lowest BCUT2D eigenvalue weighted by Gasteiger charge is -2.18. The molecule has 1 amide bonds. The number of rotatable bonds is 5. The molecule has 0 spiro atoms. The van der Waals surface area contributed by atoms with Gasteiger partial charge in [0.2, 0.25) is 0 Å². The predicted molar refractivity (Wildman–Crippen MR) is 93.9 cm³/mol. The fraction of sp³-hybridized carbons (Fsp3) is 0.263.